The number of benzene rings is 1. The van der Waals surface area contributed by atoms with Crippen LogP contribution in [0.25, 0.3) is 16.8 Å². The van der Waals surface area contributed by atoms with Gasteiger partial charge in [0.15, 0.2) is 11.4 Å². The Bertz CT molecular complexity index is 1050. The van der Waals surface area contributed by atoms with Crippen LogP contribution in [0.5, 0.6) is 0 Å². The molecule has 1 aromatic carbocycles. The van der Waals surface area contributed by atoms with Crippen molar-refractivity contribution in [2.75, 3.05) is 5.32 Å². The van der Waals surface area contributed by atoms with Gasteiger partial charge in [-0.15, -0.1) is 5.10 Å². The van der Waals surface area contributed by atoms with Crippen LogP contribution in [0.3, 0.4) is 0 Å². The minimum Gasteiger partial charge on any atom is -0.300 e. The van der Waals surface area contributed by atoms with E-state index in [0.717, 1.165) is 11.1 Å². The van der Waals surface area contributed by atoms with Gasteiger partial charge in [-0.1, -0.05) is 18.2 Å². The summed E-state index contributed by atoms with van der Waals surface area (Å²) in [7, 11) is 0. The standard InChI is InChI=1S/C19H16N4O3/c1-11(24)12-3-2-4-13(7-12)14-5-6-17-20-19(22-23(17)10-14)21-18(26)15-8-16(25)9-15/h2-7,10,15H,8-9H2,1H3,(H,21,22,26). The molecule has 1 fully saturated rings. The van der Waals surface area contributed by atoms with Gasteiger partial charge in [0.25, 0.3) is 0 Å². The molecular weight excluding hydrogens is 332 g/mol. The van der Waals surface area contributed by atoms with Crippen LogP contribution in [0.15, 0.2) is 42.6 Å². The first kappa shape index (κ1) is 16.1. The molecule has 26 heavy (non-hydrogen) atoms. The van der Waals surface area contributed by atoms with E-state index in [4.69, 9.17) is 0 Å². The lowest BCUT2D eigenvalue weighted by Gasteiger charge is -2.21. The maximum atomic E-state index is 12.0. The van der Waals surface area contributed by atoms with E-state index in [1.165, 1.54) is 6.92 Å². The molecule has 0 unspecified atom stereocenters. The molecule has 0 bridgehead atoms. The van der Waals surface area contributed by atoms with Crippen LogP contribution < -0.4 is 5.32 Å². The zero-order chi connectivity index (χ0) is 18.3. The van der Waals surface area contributed by atoms with Crippen molar-refractivity contribution in [1.82, 2.24) is 14.6 Å². The third kappa shape index (κ3) is 2.99. The van der Waals surface area contributed by atoms with Gasteiger partial charge < -0.3 is 0 Å². The van der Waals surface area contributed by atoms with E-state index < -0.39 is 0 Å². The molecule has 3 aromatic rings. The number of carbonyl (C=O) groups excluding carboxylic acids is 3. The highest BCUT2D eigenvalue weighted by atomic mass is 16.2. The number of anilines is 1. The number of pyridine rings is 1. The first-order valence-corrected chi connectivity index (χ1v) is 8.30. The summed E-state index contributed by atoms with van der Waals surface area (Å²) in [5.74, 6) is -0.184. The molecule has 0 aliphatic heterocycles. The second-order valence-electron chi connectivity index (χ2n) is 6.43. The zero-order valence-corrected chi connectivity index (χ0v) is 14.1. The average Bonchev–Trinajstić information content (AvgIpc) is 3.00. The van der Waals surface area contributed by atoms with Gasteiger partial charge in [0, 0.05) is 30.2 Å². The smallest absolute Gasteiger partial charge is 0.249 e. The Labute approximate surface area is 149 Å². The summed E-state index contributed by atoms with van der Waals surface area (Å²) in [4.78, 5) is 38.9. The quantitative estimate of drug-likeness (QED) is 0.731. The Hall–Kier alpha value is -3.35. The maximum Gasteiger partial charge on any atom is 0.249 e. The van der Waals surface area contributed by atoms with Gasteiger partial charge in [-0.2, -0.15) is 4.98 Å². The summed E-state index contributed by atoms with van der Waals surface area (Å²) in [5, 5.41) is 6.94. The molecule has 0 atom stereocenters. The van der Waals surface area contributed by atoms with E-state index in [9.17, 15) is 14.4 Å². The summed E-state index contributed by atoms with van der Waals surface area (Å²) >= 11 is 0. The van der Waals surface area contributed by atoms with E-state index in [1.807, 2.05) is 24.3 Å². The largest absolute Gasteiger partial charge is 0.300 e. The fourth-order valence-corrected chi connectivity index (χ4v) is 2.91. The SMILES string of the molecule is CC(=O)c1cccc(-c2ccc3nc(NC(=O)C4CC(=O)C4)nn3c2)c1. The Kier molecular flexibility index (Phi) is 3.84. The monoisotopic (exact) mass is 348 g/mol. The number of nitrogens with one attached hydrogen (secondary N) is 1. The number of fused-ring (bicyclic) bond motifs is 1. The number of hydrogen-bond donors (Lipinski definition) is 1. The van der Waals surface area contributed by atoms with Crippen molar-refractivity contribution in [3.63, 3.8) is 0 Å². The van der Waals surface area contributed by atoms with Crippen LogP contribution in [0.4, 0.5) is 5.95 Å². The molecule has 7 heteroatoms. The molecule has 4 rings (SSSR count). The molecular formula is C19H16N4O3. The Balaban J connectivity index is 1.59. The number of Topliss-reactive ketones (excluding diaryl/α,β-unsaturated/α-hetero) is 2. The van der Waals surface area contributed by atoms with Crippen LogP contribution in [-0.4, -0.2) is 32.1 Å². The van der Waals surface area contributed by atoms with Gasteiger partial charge in [0.2, 0.25) is 11.9 Å². The van der Waals surface area contributed by atoms with Crippen LogP contribution in [-0.2, 0) is 9.59 Å². The molecule has 7 nitrogen and oxygen atoms in total. The fourth-order valence-electron chi connectivity index (χ4n) is 2.91. The number of rotatable bonds is 4. The predicted molar refractivity (Wildman–Crippen MR) is 94.8 cm³/mol. The average molecular weight is 348 g/mol. The number of carbonyl (C=O) groups is 3. The molecule has 1 N–H and O–H groups in total. The highest BCUT2D eigenvalue weighted by Crippen LogP contribution is 2.24. The predicted octanol–water partition coefficient (Wildman–Crippen LogP) is 2.52. The minimum atomic E-state index is -0.279. The molecule has 130 valence electrons. The molecule has 0 saturated heterocycles. The number of nitrogens with zero attached hydrogens (tertiary/aromatic N) is 3. The second kappa shape index (κ2) is 6.18. The van der Waals surface area contributed by atoms with Crippen molar-refractivity contribution in [2.45, 2.75) is 19.8 Å². The summed E-state index contributed by atoms with van der Waals surface area (Å²) in [6.07, 6.45) is 2.37. The fraction of sp³-hybridized carbons (Fsp3) is 0.211. The van der Waals surface area contributed by atoms with Crippen molar-refractivity contribution in [1.29, 1.82) is 0 Å². The summed E-state index contributed by atoms with van der Waals surface area (Å²) < 4.78 is 1.58. The van der Waals surface area contributed by atoms with E-state index in [0.29, 0.717) is 11.2 Å². The Morgan fingerprint density at radius 1 is 1.15 bits per heavy atom. The van der Waals surface area contributed by atoms with E-state index in [1.54, 1.807) is 22.8 Å². The lowest BCUT2D eigenvalue weighted by atomic mass is 9.83. The summed E-state index contributed by atoms with van der Waals surface area (Å²) in [6.45, 7) is 1.53. The van der Waals surface area contributed by atoms with Crippen molar-refractivity contribution < 1.29 is 14.4 Å². The number of aromatic nitrogens is 3. The number of hydrogen-bond acceptors (Lipinski definition) is 5. The van der Waals surface area contributed by atoms with Crippen LogP contribution in [0.2, 0.25) is 0 Å². The molecule has 0 radical (unpaired) electrons. The van der Waals surface area contributed by atoms with Crippen molar-refractivity contribution in [2.24, 2.45) is 5.92 Å². The van der Waals surface area contributed by atoms with Gasteiger partial charge >= 0.3 is 0 Å². The molecule has 2 heterocycles. The number of amides is 1. The topological polar surface area (TPSA) is 93.4 Å². The molecule has 1 amide bonds. The zero-order valence-electron chi connectivity index (χ0n) is 14.1. The lowest BCUT2D eigenvalue weighted by molar-refractivity contribution is -0.135. The van der Waals surface area contributed by atoms with Gasteiger partial charge in [0.1, 0.15) is 5.78 Å². The maximum absolute atomic E-state index is 12.0. The minimum absolute atomic E-state index is 0.00755. The van der Waals surface area contributed by atoms with Crippen LogP contribution in [0, 0.1) is 5.92 Å². The highest BCUT2D eigenvalue weighted by molar-refractivity contribution is 6.01. The van der Waals surface area contributed by atoms with Gasteiger partial charge in [-0.25, -0.2) is 4.52 Å². The van der Waals surface area contributed by atoms with Crippen molar-refractivity contribution >= 4 is 29.1 Å². The van der Waals surface area contributed by atoms with E-state index in [-0.39, 0.29) is 42.2 Å². The van der Waals surface area contributed by atoms with Gasteiger partial charge in [0.05, 0.1) is 5.92 Å². The lowest BCUT2D eigenvalue weighted by Crippen LogP contribution is -2.34. The Morgan fingerprint density at radius 2 is 1.96 bits per heavy atom. The molecule has 1 aliphatic carbocycles. The number of ketones is 2. The van der Waals surface area contributed by atoms with Gasteiger partial charge in [-0.3, -0.25) is 19.7 Å². The molecule has 2 aromatic heterocycles. The molecule has 0 spiro atoms. The highest BCUT2D eigenvalue weighted by Gasteiger charge is 2.33. The molecule has 1 aliphatic rings. The first-order valence-electron chi connectivity index (χ1n) is 8.30. The van der Waals surface area contributed by atoms with Crippen molar-refractivity contribution in [3.8, 4) is 11.1 Å². The normalized spacial score (nSPS) is 14.3. The van der Waals surface area contributed by atoms with Gasteiger partial charge in [-0.05, 0) is 30.7 Å². The summed E-state index contributed by atoms with van der Waals surface area (Å²) in [6, 6.07) is 11.0. The van der Waals surface area contributed by atoms with Crippen LogP contribution in [0.1, 0.15) is 30.1 Å². The second-order valence-corrected chi connectivity index (χ2v) is 6.43. The third-order valence-corrected chi connectivity index (χ3v) is 4.49. The summed E-state index contributed by atoms with van der Waals surface area (Å²) in [5.41, 5.74) is 3.02. The van der Waals surface area contributed by atoms with E-state index in [2.05, 4.69) is 15.4 Å². The van der Waals surface area contributed by atoms with Crippen molar-refractivity contribution in [3.05, 3.63) is 48.2 Å². The Morgan fingerprint density at radius 3 is 2.69 bits per heavy atom. The van der Waals surface area contributed by atoms with Crippen LogP contribution >= 0.6 is 0 Å². The van der Waals surface area contributed by atoms with E-state index >= 15 is 0 Å². The first-order chi connectivity index (χ1) is 12.5. The molecule has 1 saturated carbocycles. The third-order valence-electron chi connectivity index (χ3n) is 4.49.